The third-order valence-corrected chi connectivity index (χ3v) is 3.00. The molecule has 0 aromatic heterocycles. The summed E-state index contributed by atoms with van der Waals surface area (Å²) in [5, 5.41) is 0. The Labute approximate surface area is 88.8 Å². The molecule has 1 aliphatic carbocycles. The summed E-state index contributed by atoms with van der Waals surface area (Å²) in [6.45, 7) is 1.04. The van der Waals surface area contributed by atoms with Crippen LogP contribution >= 0.6 is 0 Å². The minimum Gasteiger partial charge on any atom is -0.297 e. The first-order valence-electron chi connectivity index (χ1n) is 5.55. The number of hydrogen-bond donors (Lipinski definition) is 0. The zero-order chi connectivity index (χ0) is 11.3. The smallest absolute Gasteiger partial charge is 0.297 e. The number of nitrogens with zero attached hydrogens (tertiary/aromatic N) is 1. The average Bonchev–Trinajstić information content (AvgIpc) is 2.05. The molecule has 1 fully saturated rings. The van der Waals surface area contributed by atoms with Crippen molar-refractivity contribution in [1.82, 2.24) is 0 Å². The predicted octanol–water partition coefficient (Wildman–Crippen LogP) is 3.84. The van der Waals surface area contributed by atoms with E-state index in [1.807, 2.05) is 0 Å². The summed E-state index contributed by atoms with van der Waals surface area (Å²) >= 11 is 0. The third-order valence-electron chi connectivity index (χ3n) is 3.00. The van der Waals surface area contributed by atoms with E-state index in [1.54, 1.807) is 6.21 Å². The maximum Gasteiger partial charge on any atom is 0.393 e. The second-order valence-corrected chi connectivity index (χ2v) is 4.36. The highest BCUT2D eigenvalue weighted by atomic mass is 19.4. The van der Waals surface area contributed by atoms with Gasteiger partial charge in [-0.25, -0.2) is 0 Å². The van der Waals surface area contributed by atoms with Crippen molar-refractivity contribution in [3.8, 4) is 0 Å². The molecule has 1 saturated carbocycles. The number of halogens is 3. The molecule has 0 radical (unpaired) electrons. The summed E-state index contributed by atoms with van der Waals surface area (Å²) < 4.78 is 36.2. The highest BCUT2D eigenvalue weighted by molar-refractivity contribution is 5.57. The van der Waals surface area contributed by atoms with Gasteiger partial charge in [-0.05, 0) is 25.0 Å². The molecule has 0 bridgehead atoms. The van der Waals surface area contributed by atoms with E-state index in [0.717, 1.165) is 18.8 Å². The van der Waals surface area contributed by atoms with Crippen LogP contribution in [-0.4, -0.2) is 18.9 Å². The summed E-state index contributed by atoms with van der Waals surface area (Å²) in [6, 6.07) is 0. The molecule has 15 heavy (non-hydrogen) atoms. The quantitative estimate of drug-likeness (QED) is 0.625. The van der Waals surface area contributed by atoms with Crippen LogP contribution in [0.25, 0.3) is 0 Å². The Balaban J connectivity index is 2.05. The highest BCUT2D eigenvalue weighted by Crippen LogP contribution is 2.30. The van der Waals surface area contributed by atoms with Crippen LogP contribution in [0.3, 0.4) is 0 Å². The van der Waals surface area contributed by atoms with Gasteiger partial charge >= 0.3 is 6.18 Å². The van der Waals surface area contributed by atoms with E-state index >= 15 is 0 Å². The fourth-order valence-electron chi connectivity index (χ4n) is 1.52. The van der Waals surface area contributed by atoms with E-state index in [4.69, 9.17) is 0 Å². The van der Waals surface area contributed by atoms with Crippen molar-refractivity contribution in [3.05, 3.63) is 0 Å². The van der Waals surface area contributed by atoms with Gasteiger partial charge in [0.05, 0.1) is 5.92 Å². The van der Waals surface area contributed by atoms with Gasteiger partial charge < -0.3 is 0 Å². The van der Waals surface area contributed by atoms with Gasteiger partial charge in [0.25, 0.3) is 0 Å². The molecule has 88 valence electrons. The zero-order valence-corrected chi connectivity index (χ0v) is 9.06. The van der Waals surface area contributed by atoms with Crippen LogP contribution in [0.15, 0.2) is 4.99 Å². The lowest BCUT2D eigenvalue weighted by molar-refractivity contribution is -0.166. The highest BCUT2D eigenvalue weighted by Gasteiger charge is 2.35. The first kappa shape index (κ1) is 12.5. The standard InChI is InChI=1S/C11H18F3N/c1-9(11(12,13)14)8-15-7-3-6-10-4-2-5-10/h7,9-10H,2-6,8H2,1H3/t9-/m0/s1. The molecular formula is C11H18F3N. The van der Waals surface area contributed by atoms with E-state index in [2.05, 4.69) is 4.99 Å². The fourth-order valence-corrected chi connectivity index (χ4v) is 1.52. The molecule has 0 aliphatic heterocycles. The Morgan fingerprint density at radius 1 is 1.40 bits per heavy atom. The van der Waals surface area contributed by atoms with Crippen LogP contribution in [0.4, 0.5) is 13.2 Å². The molecule has 1 aliphatic rings. The van der Waals surface area contributed by atoms with Crippen molar-refractivity contribution in [3.63, 3.8) is 0 Å². The van der Waals surface area contributed by atoms with E-state index in [-0.39, 0.29) is 6.54 Å². The van der Waals surface area contributed by atoms with Crippen LogP contribution in [-0.2, 0) is 0 Å². The largest absolute Gasteiger partial charge is 0.393 e. The zero-order valence-electron chi connectivity index (χ0n) is 9.06. The van der Waals surface area contributed by atoms with Gasteiger partial charge in [0.1, 0.15) is 0 Å². The lowest BCUT2D eigenvalue weighted by Gasteiger charge is -2.24. The lowest BCUT2D eigenvalue weighted by Crippen LogP contribution is -2.22. The molecule has 0 heterocycles. The van der Waals surface area contributed by atoms with Crippen LogP contribution in [0, 0.1) is 11.8 Å². The second kappa shape index (κ2) is 5.52. The van der Waals surface area contributed by atoms with Gasteiger partial charge in [-0.3, -0.25) is 4.99 Å². The average molecular weight is 221 g/mol. The molecule has 1 atom stereocenters. The molecule has 0 spiro atoms. The SMILES string of the molecule is C[C@@H](CN=CCCC1CCC1)C(F)(F)F. The van der Waals surface area contributed by atoms with Gasteiger partial charge in [-0.2, -0.15) is 13.2 Å². The van der Waals surface area contributed by atoms with Crippen molar-refractivity contribution in [2.75, 3.05) is 6.54 Å². The number of aliphatic imine (C=N–C) groups is 1. The van der Waals surface area contributed by atoms with Crippen LogP contribution < -0.4 is 0 Å². The van der Waals surface area contributed by atoms with Gasteiger partial charge in [-0.1, -0.05) is 26.2 Å². The second-order valence-electron chi connectivity index (χ2n) is 4.36. The van der Waals surface area contributed by atoms with Gasteiger partial charge in [-0.15, -0.1) is 0 Å². The summed E-state index contributed by atoms with van der Waals surface area (Å²) in [5.74, 6) is -0.519. The van der Waals surface area contributed by atoms with E-state index < -0.39 is 12.1 Å². The third kappa shape index (κ3) is 4.67. The Morgan fingerprint density at radius 3 is 2.53 bits per heavy atom. The molecular weight excluding hydrogens is 203 g/mol. The molecule has 0 aromatic rings. The monoisotopic (exact) mass is 221 g/mol. The van der Waals surface area contributed by atoms with Crippen molar-refractivity contribution >= 4 is 6.21 Å². The van der Waals surface area contributed by atoms with E-state index in [1.165, 1.54) is 26.2 Å². The fraction of sp³-hybridized carbons (Fsp3) is 0.909. The summed E-state index contributed by atoms with van der Waals surface area (Å²) in [5.41, 5.74) is 0. The van der Waals surface area contributed by atoms with Crippen molar-refractivity contribution < 1.29 is 13.2 Å². The molecule has 0 amide bonds. The van der Waals surface area contributed by atoms with E-state index in [0.29, 0.717) is 0 Å². The molecule has 0 saturated heterocycles. The maximum absolute atomic E-state index is 12.1. The molecule has 1 rings (SSSR count). The summed E-state index contributed by atoms with van der Waals surface area (Å²) in [6.07, 6.45) is 3.34. The minimum absolute atomic E-state index is 0.131. The first-order valence-corrected chi connectivity index (χ1v) is 5.55. The van der Waals surface area contributed by atoms with Crippen LogP contribution in [0.1, 0.15) is 39.0 Å². The molecule has 0 unspecified atom stereocenters. The number of hydrogen-bond acceptors (Lipinski definition) is 1. The lowest BCUT2D eigenvalue weighted by atomic mass is 9.82. The maximum atomic E-state index is 12.1. The Bertz CT molecular complexity index is 206. The van der Waals surface area contributed by atoms with Crippen molar-refractivity contribution in [1.29, 1.82) is 0 Å². The number of alkyl halides is 3. The van der Waals surface area contributed by atoms with Crippen molar-refractivity contribution in [2.24, 2.45) is 16.8 Å². The predicted molar refractivity (Wildman–Crippen MR) is 55.2 cm³/mol. The van der Waals surface area contributed by atoms with Crippen LogP contribution in [0.5, 0.6) is 0 Å². The van der Waals surface area contributed by atoms with E-state index in [9.17, 15) is 13.2 Å². The summed E-state index contributed by atoms with van der Waals surface area (Å²) in [4.78, 5) is 3.82. The normalized spacial score (nSPS) is 20.5. The first-order chi connectivity index (χ1) is 7.00. The topological polar surface area (TPSA) is 12.4 Å². The Hall–Kier alpha value is -0.540. The van der Waals surface area contributed by atoms with Crippen LogP contribution in [0.2, 0.25) is 0 Å². The molecule has 4 heteroatoms. The number of rotatable bonds is 5. The summed E-state index contributed by atoms with van der Waals surface area (Å²) in [7, 11) is 0. The molecule has 1 nitrogen and oxygen atoms in total. The molecule has 0 aromatic carbocycles. The minimum atomic E-state index is -4.11. The van der Waals surface area contributed by atoms with Crippen molar-refractivity contribution in [2.45, 2.75) is 45.2 Å². The van der Waals surface area contributed by atoms with Gasteiger partial charge in [0, 0.05) is 6.54 Å². The molecule has 0 N–H and O–H groups in total. The Morgan fingerprint density at radius 2 is 2.07 bits per heavy atom. The Kier molecular flexibility index (Phi) is 4.61. The van der Waals surface area contributed by atoms with Gasteiger partial charge in [0.15, 0.2) is 0 Å². The van der Waals surface area contributed by atoms with Gasteiger partial charge in [0.2, 0.25) is 0 Å².